The van der Waals surface area contributed by atoms with Crippen LogP contribution in [0.1, 0.15) is 23.7 Å². The van der Waals surface area contributed by atoms with Crippen molar-refractivity contribution in [1.29, 1.82) is 0 Å². The van der Waals surface area contributed by atoms with E-state index in [-0.39, 0.29) is 23.4 Å². The topological polar surface area (TPSA) is 84.7 Å². The number of ether oxygens (including phenoxy) is 1. The summed E-state index contributed by atoms with van der Waals surface area (Å²) in [6, 6.07) is 14.9. The number of carbonyl (C=O) groups excluding carboxylic acids is 1. The second-order valence-electron chi connectivity index (χ2n) is 8.88. The van der Waals surface area contributed by atoms with Gasteiger partial charge in [-0.15, -0.1) is 0 Å². The van der Waals surface area contributed by atoms with Crippen molar-refractivity contribution in [2.45, 2.75) is 30.9 Å². The maximum Gasteiger partial charge on any atom is 0.228 e. The van der Waals surface area contributed by atoms with Crippen LogP contribution < -0.4 is 0 Å². The fraction of sp³-hybridized carbons (Fsp3) is 0.385. The van der Waals surface area contributed by atoms with Crippen molar-refractivity contribution in [1.82, 2.24) is 19.4 Å². The first kappa shape index (κ1) is 26.0. The number of nitrogens with zero attached hydrogens (tertiary/aromatic N) is 4. The van der Waals surface area contributed by atoms with E-state index in [1.165, 1.54) is 37.4 Å². The molecule has 4 rings (SSSR count). The van der Waals surface area contributed by atoms with E-state index < -0.39 is 15.7 Å². The monoisotopic (exact) mass is 514 g/mol. The molecule has 0 radical (unpaired) electrons. The molecule has 1 aromatic heterocycles. The van der Waals surface area contributed by atoms with Gasteiger partial charge in [-0.2, -0.15) is 0 Å². The Balaban J connectivity index is 1.60. The van der Waals surface area contributed by atoms with Gasteiger partial charge in [-0.05, 0) is 23.3 Å². The smallest absolute Gasteiger partial charge is 0.228 e. The Labute approximate surface area is 211 Å². The van der Waals surface area contributed by atoms with Gasteiger partial charge >= 0.3 is 0 Å². The summed E-state index contributed by atoms with van der Waals surface area (Å²) in [6.45, 7) is 6.29. The summed E-state index contributed by atoms with van der Waals surface area (Å²) in [6.07, 6.45) is 1.53. The van der Waals surface area contributed by atoms with Crippen LogP contribution in [0.3, 0.4) is 0 Å². The van der Waals surface area contributed by atoms with Crippen molar-refractivity contribution in [2.75, 3.05) is 39.4 Å². The molecule has 0 unspecified atom stereocenters. The first-order valence-electron chi connectivity index (χ1n) is 11.9. The highest BCUT2D eigenvalue weighted by atomic mass is 32.2. The molecule has 0 atom stereocenters. The summed E-state index contributed by atoms with van der Waals surface area (Å²) < 4.78 is 47.1. The first-order chi connectivity index (χ1) is 17.3. The summed E-state index contributed by atoms with van der Waals surface area (Å²) in [5.74, 6) is -0.816. The number of rotatable bonds is 10. The lowest BCUT2D eigenvalue weighted by molar-refractivity contribution is -0.129. The summed E-state index contributed by atoms with van der Waals surface area (Å²) in [4.78, 5) is 20.7. The highest BCUT2D eigenvalue weighted by Crippen LogP contribution is 2.21. The summed E-state index contributed by atoms with van der Waals surface area (Å²) in [7, 11) is -3.84. The lowest BCUT2D eigenvalue weighted by Gasteiger charge is -2.29. The number of morpholine rings is 1. The second kappa shape index (κ2) is 11.8. The molecule has 192 valence electrons. The predicted octanol–water partition coefficient (Wildman–Crippen LogP) is 2.73. The fourth-order valence-electron chi connectivity index (χ4n) is 4.20. The molecule has 1 amide bonds. The zero-order chi connectivity index (χ0) is 25.5. The number of imidazole rings is 1. The minimum absolute atomic E-state index is 0.0673. The Morgan fingerprint density at radius 2 is 1.75 bits per heavy atom. The van der Waals surface area contributed by atoms with Crippen LogP contribution in [0.15, 0.2) is 66.0 Å². The van der Waals surface area contributed by atoms with Crippen molar-refractivity contribution >= 4 is 15.7 Å². The zero-order valence-corrected chi connectivity index (χ0v) is 21.2. The average molecular weight is 515 g/mol. The van der Waals surface area contributed by atoms with E-state index in [9.17, 15) is 17.6 Å². The van der Waals surface area contributed by atoms with E-state index in [2.05, 4.69) is 9.88 Å². The summed E-state index contributed by atoms with van der Waals surface area (Å²) in [5.41, 5.74) is 2.02. The minimum atomic E-state index is -3.84. The summed E-state index contributed by atoms with van der Waals surface area (Å²) in [5, 5.41) is -0.0673. The Kier molecular flexibility index (Phi) is 8.50. The van der Waals surface area contributed by atoms with Crippen LogP contribution in [0.4, 0.5) is 4.39 Å². The number of carbonyl (C=O) groups is 1. The van der Waals surface area contributed by atoms with Crippen LogP contribution in [0.5, 0.6) is 0 Å². The van der Waals surface area contributed by atoms with Crippen LogP contribution >= 0.6 is 0 Å². The molecule has 1 aliphatic heterocycles. The molecule has 0 saturated carbocycles. The molecule has 0 bridgehead atoms. The van der Waals surface area contributed by atoms with Crippen LogP contribution in [0.25, 0.3) is 0 Å². The predicted molar refractivity (Wildman–Crippen MR) is 133 cm³/mol. The molecule has 8 nitrogen and oxygen atoms in total. The quantitative estimate of drug-likeness (QED) is 0.414. The molecular weight excluding hydrogens is 483 g/mol. The molecule has 36 heavy (non-hydrogen) atoms. The molecule has 2 heterocycles. The Morgan fingerprint density at radius 1 is 1.06 bits per heavy atom. The van der Waals surface area contributed by atoms with Crippen molar-refractivity contribution in [2.24, 2.45) is 0 Å². The van der Waals surface area contributed by atoms with Crippen LogP contribution in [0, 0.1) is 5.82 Å². The molecule has 3 aromatic rings. The second-order valence-corrected chi connectivity index (χ2v) is 10.8. The fourth-order valence-corrected chi connectivity index (χ4v) is 5.69. The van der Waals surface area contributed by atoms with Gasteiger partial charge in [-0.25, -0.2) is 17.8 Å². The molecule has 1 fully saturated rings. The van der Waals surface area contributed by atoms with Gasteiger partial charge in [0, 0.05) is 33.1 Å². The Morgan fingerprint density at radius 3 is 2.42 bits per heavy atom. The molecule has 1 saturated heterocycles. The molecule has 0 aliphatic carbocycles. The highest BCUT2D eigenvalue weighted by Gasteiger charge is 2.26. The van der Waals surface area contributed by atoms with Crippen molar-refractivity contribution in [3.63, 3.8) is 0 Å². The SMILES string of the molecule is CC(=O)N(CCN1CCOCC1)Cc1cnc(S(=O)(=O)Cc2ccc(F)cc2)n1Cc1ccccc1. The number of hydrogen-bond donors (Lipinski definition) is 0. The Bertz CT molecular complexity index is 1260. The lowest BCUT2D eigenvalue weighted by atomic mass is 10.2. The van der Waals surface area contributed by atoms with E-state index in [0.717, 1.165) is 18.7 Å². The number of sulfone groups is 1. The zero-order valence-electron chi connectivity index (χ0n) is 20.3. The van der Waals surface area contributed by atoms with Gasteiger partial charge in [-0.3, -0.25) is 9.69 Å². The largest absolute Gasteiger partial charge is 0.379 e. The van der Waals surface area contributed by atoms with Crippen LogP contribution in [-0.4, -0.2) is 73.1 Å². The van der Waals surface area contributed by atoms with E-state index >= 15 is 0 Å². The van der Waals surface area contributed by atoms with Crippen molar-refractivity contribution < 1.29 is 22.3 Å². The van der Waals surface area contributed by atoms with Gasteiger partial charge in [0.05, 0.1) is 43.9 Å². The Hall–Kier alpha value is -3.08. The van der Waals surface area contributed by atoms with Gasteiger partial charge in [0.1, 0.15) is 5.82 Å². The third-order valence-corrected chi connectivity index (χ3v) is 7.82. The number of benzene rings is 2. The van der Waals surface area contributed by atoms with E-state index in [4.69, 9.17) is 4.74 Å². The first-order valence-corrected chi connectivity index (χ1v) is 13.6. The maximum absolute atomic E-state index is 13.4. The number of amides is 1. The third-order valence-electron chi connectivity index (χ3n) is 6.22. The molecular formula is C26H31FN4O4S. The number of aromatic nitrogens is 2. The van der Waals surface area contributed by atoms with Gasteiger partial charge in [0.2, 0.25) is 20.9 Å². The normalized spacial score (nSPS) is 14.6. The maximum atomic E-state index is 13.4. The summed E-state index contributed by atoms with van der Waals surface area (Å²) >= 11 is 0. The molecule has 0 spiro atoms. The van der Waals surface area contributed by atoms with E-state index in [1.807, 2.05) is 30.3 Å². The van der Waals surface area contributed by atoms with Crippen molar-refractivity contribution in [3.05, 3.63) is 83.4 Å². The average Bonchev–Trinajstić information content (AvgIpc) is 3.27. The van der Waals surface area contributed by atoms with Gasteiger partial charge in [0.15, 0.2) is 0 Å². The molecule has 10 heteroatoms. The lowest BCUT2D eigenvalue weighted by Crippen LogP contribution is -2.42. The van der Waals surface area contributed by atoms with Gasteiger partial charge in [-0.1, -0.05) is 42.5 Å². The van der Waals surface area contributed by atoms with Crippen LogP contribution in [-0.2, 0) is 38.2 Å². The molecule has 2 aromatic carbocycles. The standard InChI is InChI=1S/C26H31FN4O4S/c1-21(32)30(12-11-29-13-15-35-16-14-29)19-25-17-28-26(31(25)18-22-5-3-2-4-6-22)36(33,34)20-23-7-9-24(27)10-8-23/h2-10,17H,11-16,18-20H2,1H3. The molecule has 0 N–H and O–H groups in total. The van der Waals surface area contributed by atoms with Gasteiger partial charge < -0.3 is 14.2 Å². The third kappa shape index (κ3) is 6.77. The number of halogens is 1. The number of hydrogen-bond acceptors (Lipinski definition) is 6. The van der Waals surface area contributed by atoms with E-state index in [1.54, 1.807) is 9.47 Å². The van der Waals surface area contributed by atoms with Crippen LogP contribution in [0.2, 0.25) is 0 Å². The minimum Gasteiger partial charge on any atom is -0.379 e. The van der Waals surface area contributed by atoms with Crippen molar-refractivity contribution in [3.8, 4) is 0 Å². The highest BCUT2D eigenvalue weighted by molar-refractivity contribution is 7.90. The van der Waals surface area contributed by atoms with Gasteiger partial charge in [0.25, 0.3) is 0 Å². The van der Waals surface area contributed by atoms with E-state index in [0.29, 0.717) is 44.1 Å². The molecule has 1 aliphatic rings.